The zero-order valence-corrected chi connectivity index (χ0v) is 12.9. The first-order valence-corrected chi connectivity index (χ1v) is 6.95. The molecule has 0 saturated heterocycles. The number of rotatable bonds is 3. The summed E-state index contributed by atoms with van der Waals surface area (Å²) in [5, 5.41) is 3.21. The van der Waals surface area contributed by atoms with Crippen molar-refractivity contribution in [1.29, 1.82) is 0 Å². The van der Waals surface area contributed by atoms with Gasteiger partial charge in [0.2, 0.25) is 0 Å². The van der Waals surface area contributed by atoms with E-state index in [9.17, 15) is 0 Å². The zero-order chi connectivity index (χ0) is 12.3. The molecule has 2 aromatic heterocycles. The van der Waals surface area contributed by atoms with Gasteiger partial charge in [0.1, 0.15) is 5.82 Å². The van der Waals surface area contributed by atoms with E-state index in [-0.39, 0.29) is 0 Å². The topological polar surface area (TPSA) is 50.7 Å². The number of hydrogen-bond acceptors (Lipinski definition) is 4. The predicted octanol–water partition coefficient (Wildman–Crippen LogP) is 3.34. The molecule has 2 aromatic rings. The Labute approximate surface area is 122 Å². The van der Waals surface area contributed by atoms with E-state index < -0.39 is 0 Å². The number of pyridine rings is 1. The van der Waals surface area contributed by atoms with Crippen molar-refractivity contribution < 1.29 is 0 Å². The molecule has 2 rings (SSSR count). The molecule has 0 aliphatic heterocycles. The van der Waals surface area contributed by atoms with E-state index in [0.29, 0.717) is 5.82 Å². The van der Waals surface area contributed by atoms with E-state index in [0.717, 1.165) is 26.0 Å². The lowest BCUT2D eigenvalue weighted by Gasteiger charge is -2.07. The van der Waals surface area contributed by atoms with Gasteiger partial charge >= 0.3 is 0 Å². The lowest BCUT2D eigenvalue weighted by Crippen LogP contribution is -2.03. The van der Waals surface area contributed by atoms with Gasteiger partial charge in [-0.05, 0) is 51.5 Å². The van der Waals surface area contributed by atoms with E-state index >= 15 is 0 Å². The van der Waals surface area contributed by atoms with Gasteiger partial charge in [0, 0.05) is 35.2 Å². The number of nitrogens with one attached hydrogen (secondary N) is 1. The van der Waals surface area contributed by atoms with Crippen LogP contribution in [-0.2, 0) is 0 Å². The highest BCUT2D eigenvalue weighted by Gasteiger charge is 2.06. The van der Waals surface area contributed by atoms with Crippen LogP contribution in [0.1, 0.15) is 6.92 Å². The molecule has 4 nitrogen and oxygen atoms in total. The molecule has 17 heavy (non-hydrogen) atoms. The molecule has 6 heteroatoms. The largest absolute Gasteiger partial charge is 0.369 e. The molecule has 0 aliphatic rings. The summed E-state index contributed by atoms with van der Waals surface area (Å²) >= 11 is 5.60. The van der Waals surface area contributed by atoms with E-state index in [4.69, 9.17) is 0 Å². The van der Waals surface area contributed by atoms with E-state index in [1.54, 1.807) is 12.4 Å². The van der Waals surface area contributed by atoms with Crippen molar-refractivity contribution in [1.82, 2.24) is 15.0 Å². The van der Waals surface area contributed by atoms with Gasteiger partial charge in [-0.2, -0.15) is 0 Å². The maximum Gasteiger partial charge on any atom is 0.163 e. The van der Waals surface area contributed by atoms with Crippen molar-refractivity contribution in [2.75, 3.05) is 11.9 Å². The summed E-state index contributed by atoms with van der Waals surface area (Å²) in [6.45, 7) is 2.88. The molecule has 1 N–H and O–H groups in total. The van der Waals surface area contributed by atoms with Crippen LogP contribution in [0, 0.1) is 3.57 Å². The summed E-state index contributed by atoms with van der Waals surface area (Å²) in [7, 11) is 0. The normalized spacial score (nSPS) is 10.3. The van der Waals surface area contributed by atoms with E-state index in [2.05, 4.69) is 58.8 Å². The van der Waals surface area contributed by atoms with Crippen LogP contribution in [-0.4, -0.2) is 21.5 Å². The van der Waals surface area contributed by atoms with Gasteiger partial charge in [-0.25, -0.2) is 9.97 Å². The summed E-state index contributed by atoms with van der Waals surface area (Å²) in [5.74, 6) is 1.54. The summed E-state index contributed by atoms with van der Waals surface area (Å²) < 4.78 is 1.93. The van der Waals surface area contributed by atoms with E-state index in [1.165, 1.54) is 0 Å². The lowest BCUT2D eigenvalue weighted by molar-refractivity contribution is 1.10. The number of hydrogen-bond donors (Lipinski definition) is 1. The summed E-state index contributed by atoms with van der Waals surface area (Å²) in [6.07, 6.45) is 5.30. The maximum absolute atomic E-state index is 4.48. The Hall–Kier alpha value is -0.760. The van der Waals surface area contributed by atoms with Crippen LogP contribution in [0.3, 0.4) is 0 Å². The Morgan fingerprint density at radius 1 is 1.35 bits per heavy atom. The van der Waals surface area contributed by atoms with Gasteiger partial charge in [0.05, 0.1) is 3.57 Å². The highest BCUT2D eigenvalue weighted by Crippen LogP contribution is 2.21. The van der Waals surface area contributed by atoms with Crippen molar-refractivity contribution in [2.45, 2.75) is 6.92 Å². The van der Waals surface area contributed by atoms with Crippen LogP contribution in [0.25, 0.3) is 11.4 Å². The standard InChI is InChI=1S/C11H10BrIN4/c1-2-15-11-9(13)6-16-10(17-11)7-3-8(12)5-14-4-7/h3-6H,2H2,1H3,(H,15,16,17). The third-order valence-electron chi connectivity index (χ3n) is 2.05. The second-order valence-electron chi connectivity index (χ2n) is 3.31. The fraction of sp³-hybridized carbons (Fsp3) is 0.182. The van der Waals surface area contributed by atoms with Crippen molar-refractivity contribution in [3.8, 4) is 11.4 Å². The van der Waals surface area contributed by atoms with Gasteiger partial charge in [-0.15, -0.1) is 0 Å². The molecule has 0 radical (unpaired) electrons. The van der Waals surface area contributed by atoms with Gasteiger partial charge in [0.15, 0.2) is 5.82 Å². The summed E-state index contributed by atoms with van der Waals surface area (Å²) in [5.41, 5.74) is 0.898. The van der Waals surface area contributed by atoms with Crippen LogP contribution in [0.4, 0.5) is 5.82 Å². The Morgan fingerprint density at radius 3 is 2.88 bits per heavy atom. The highest BCUT2D eigenvalue weighted by atomic mass is 127. The molecule has 0 unspecified atom stereocenters. The molecule has 2 heterocycles. The monoisotopic (exact) mass is 404 g/mol. The number of anilines is 1. The Balaban J connectivity index is 2.42. The quantitative estimate of drug-likeness (QED) is 0.797. The molecule has 0 aliphatic carbocycles. The SMILES string of the molecule is CCNc1nc(-c2cncc(Br)c2)ncc1I. The molecule has 0 aromatic carbocycles. The lowest BCUT2D eigenvalue weighted by atomic mass is 10.3. The van der Waals surface area contributed by atoms with Crippen LogP contribution in [0.5, 0.6) is 0 Å². The third kappa shape index (κ3) is 3.12. The first-order valence-electron chi connectivity index (χ1n) is 5.08. The van der Waals surface area contributed by atoms with Gasteiger partial charge in [-0.3, -0.25) is 4.98 Å². The smallest absolute Gasteiger partial charge is 0.163 e. The minimum atomic E-state index is 0.676. The molecule has 88 valence electrons. The molecule has 0 atom stereocenters. The second-order valence-corrected chi connectivity index (χ2v) is 5.39. The van der Waals surface area contributed by atoms with Crippen molar-refractivity contribution in [3.05, 3.63) is 32.7 Å². The average molecular weight is 405 g/mol. The number of nitrogens with zero attached hydrogens (tertiary/aromatic N) is 3. The molecule has 0 fully saturated rings. The molecular formula is C11H10BrIN4. The predicted molar refractivity (Wildman–Crippen MR) is 79.8 cm³/mol. The van der Waals surface area contributed by atoms with Gasteiger partial charge in [0.25, 0.3) is 0 Å². The fourth-order valence-electron chi connectivity index (χ4n) is 1.33. The zero-order valence-electron chi connectivity index (χ0n) is 9.11. The first-order chi connectivity index (χ1) is 8.20. The summed E-state index contributed by atoms with van der Waals surface area (Å²) in [4.78, 5) is 12.9. The molecule has 0 bridgehead atoms. The van der Waals surface area contributed by atoms with Crippen LogP contribution in [0.2, 0.25) is 0 Å². The average Bonchev–Trinajstić information content (AvgIpc) is 2.32. The molecular weight excluding hydrogens is 395 g/mol. The maximum atomic E-state index is 4.48. The minimum Gasteiger partial charge on any atom is -0.369 e. The second kappa shape index (κ2) is 5.72. The van der Waals surface area contributed by atoms with E-state index in [1.807, 2.05) is 19.2 Å². The van der Waals surface area contributed by atoms with Gasteiger partial charge in [-0.1, -0.05) is 0 Å². The molecule has 0 amide bonds. The van der Waals surface area contributed by atoms with Crippen molar-refractivity contribution in [2.24, 2.45) is 0 Å². The van der Waals surface area contributed by atoms with Crippen LogP contribution < -0.4 is 5.32 Å². The number of halogens is 2. The fourth-order valence-corrected chi connectivity index (χ4v) is 2.15. The first kappa shape index (κ1) is 12.7. The van der Waals surface area contributed by atoms with Crippen LogP contribution in [0.15, 0.2) is 29.1 Å². The molecule has 0 saturated carbocycles. The van der Waals surface area contributed by atoms with Crippen molar-refractivity contribution >= 4 is 44.3 Å². The molecule has 0 spiro atoms. The number of aromatic nitrogens is 3. The third-order valence-corrected chi connectivity index (χ3v) is 3.27. The minimum absolute atomic E-state index is 0.676. The summed E-state index contributed by atoms with van der Waals surface area (Å²) in [6, 6.07) is 1.95. The Kier molecular flexibility index (Phi) is 4.27. The van der Waals surface area contributed by atoms with Gasteiger partial charge < -0.3 is 5.32 Å². The Morgan fingerprint density at radius 2 is 2.18 bits per heavy atom. The van der Waals surface area contributed by atoms with Crippen LogP contribution >= 0.6 is 38.5 Å². The Bertz CT molecular complexity index is 533. The van der Waals surface area contributed by atoms with Crippen molar-refractivity contribution in [3.63, 3.8) is 0 Å². The highest BCUT2D eigenvalue weighted by molar-refractivity contribution is 14.1.